The molecule has 0 saturated heterocycles. The average molecular weight is 263 g/mol. The Hall–Kier alpha value is -1.62. The van der Waals surface area contributed by atoms with Crippen molar-refractivity contribution in [1.82, 2.24) is 15.8 Å². The summed E-state index contributed by atoms with van der Waals surface area (Å²) in [6, 6.07) is 4.05. The van der Waals surface area contributed by atoms with Gasteiger partial charge in [0.2, 0.25) is 0 Å². The third-order valence-corrected chi connectivity index (χ3v) is 2.89. The largest absolute Gasteiger partial charge is 0.443 e. The van der Waals surface area contributed by atoms with Crippen molar-refractivity contribution in [2.24, 2.45) is 5.92 Å². The van der Waals surface area contributed by atoms with Crippen molar-refractivity contribution in [2.75, 3.05) is 0 Å². The molecule has 1 aliphatic rings. The SMILES string of the molecule is CC(C)(C)OC(=O)NNC(c1ccncc1)C1CC1. The molecule has 1 unspecified atom stereocenters. The lowest BCUT2D eigenvalue weighted by Gasteiger charge is -2.23. The molecule has 1 saturated carbocycles. The van der Waals surface area contributed by atoms with Gasteiger partial charge in [-0.05, 0) is 57.2 Å². The molecular weight excluding hydrogens is 242 g/mol. The van der Waals surface area contributed by atoms with Gasteiger partial charge < -0.3 is 4.74 Å². The number of carbonyl (C=O) groups is 1. The fourth-order valence-corrected chi connectivity index (χ4v) is 1.91. The van der Waals surface area contributed by atoms with Crippen molar-refractivity contribution in [1.29, 1.82) is 0 Å². The van der Waals surface area contributed by atoms with Crippen LogP contribution in [0.15, 0.2) is 24.5 Å². The number of nitrogens with one attached hydrogen (secondary N) is 2. The summed E-state index contributed by atoms with van der Waals surface area (Å²) in [7, 11) is 0. The van der Waals surface area contributed by atoms with E-state index in [4.69, 9.17) is 4.74 Å². The molecule has 19 heavy (non-hydrogen) atoms. The van der Waals surface area contributed by atoms with Gasteiger partial charge in [0.25, 0.3) is 0 Å². The normalized spacial score (nSPS) is 16.8. The maximum atomic E-state index is 11.6. The number of carbonyl (C=O) groups excluding carboxylic acids is 1. The minimum atomic E-state index is -0.489. The summed E-state index contributed by atoms with van der Waals surface area (Å²) in [5.41, 5.74) is 6.34. The van der Waals surface area contributed by atoms with Crippen LogP contribution in [0.2, 0.25) is 0 Å². The van der Waals surface area contributed by atoms with E-state index in [0.29, 0.717) is 5.92 Å². The molecule has 104 valence electrons. The molecule has 1 fully saturated rings. The maximum absolute atomic E-state index is 11.6. The van der Waals surface area contributed by atoms with E-state index in [-0.39, 0.29) is 6.04 Å². The zero-order valence-electron chi connectivity index (χ0n) is 11.6. The molecule has 0 spiro atoms. The van der Waals surface area contributed by atoms with Crippen LogP contribution < -0.4 is 10.9 Å². The number of hydrazine groups is 1. The minimum absolute atomic E-state index is 0.121. The Bertz CT molecular complexity index is 424. The first-order valence-corrected chi connectivity index (χ1v) is 6.60. The molecule has 2 rings (SSSR count). The zero-order valence-corrected chi connectivity index (χ0v) is 11.6. The van der Waals surface area contributed by atoms with Crippen molar-refractivity contribution in [2.45, 2.75) is 45.3 Å². The van der Waals surface area contributed by atoms with Crippen LogP contribution in [0.1, 0.15) is 45.2 Å². The van der Waals surface area contributed by atoms with Gasteiger partial charge in [-0.15, -0.1) is 0 Å². The molecule has 1 aromatic rings. The van der Waals surface area contributed by atoms with Gasteiger partial charge in [-0.1, -0.05) is 0 Å². The first-order valence-electron chi connectivity index (χ1n) is 6.60. The molecule has 0 bridgehead atoms. The lowest BCUT2D eigenvalue weighted by molar-refractivity contribution is 0.0485. The number of ether oxygens (including phenoxy) is 1. The molecular formula is C14H21N3O2. The highest BCUT2D eigenvalue weighted by Gasteiger charge is 2.32. The predicted octanol–water partition coefficient (Wildman–Crippen LogP) is 2.56. The van der Waals surface area contributed by atoms with Crippen molar-refractivity contribution in [3.8, 4) is 0 Å². The quantitative estimate of drug-likeness (QED) is 0.819. The molecule has 1 amide bonds. The highest BCUT2D eigenvalue weighted by atomic mass is 16.6. The summed E-state index contributed by atoms with van der Waals surface area (Å²) < 4.78 is 5.20. The van der Waals surface area contributed by atoms with Crippen LogP contribution in [0.4, 0.5) is 4.79 Å². The van der Waals surface area contributed by atoms with Gasteiger partial charge in [0.05, 0.1) is 6.04 Å². The topological polar surface area (TPSA) is 63.2 Å². The van der Waals surface area contributed by atoms with Gasteiger partial charge in [-0.2, -0.15) is 0 Å². The molecule has 2 N–H and O–H groups in total. The fourth-order valence-electron chi connectivity index (χ4n) is 1.91. The van der Waals surface area contributed by atoms with Gasteiger partial charge in [-0.25, -0.2) is 10.2 Å². The van der Waals surface area contributed by atoms with Crippen LogP contribution in [0.25, 0.3) is 0 Å². The Kier molecular flexibility index (Phi) is 4.04. The third-order valence-electron chi connectivity index (χ3n) is 2.89. The molecule has 5 heteroatoms. The highest BCUT2D eigenvalue weighted by Crippen LogP contribution is 2.40. The van der Waals surface area contributed by atoms with Crippen molar-refractivity contribution in [3.63, 3.8) is 0 Å². The lowest BCUT2D eigenvalue weighted by atomic mass is 10.1. The first-order chi connectivity index (χ1) is 8.96. The van der Waals surface area contributed by atoms with Crippen LogP contribution in [-0.2, 0) is 4.74 Å². The third kappa shape index (κ3) is 4.52. The standard InChI is InChI=1S/C14H21N3O2/c1-14(2,3)19-13(18)17-16-12(10-4-5-10)11-6-8-15-9-7-11/h6-10,12,16H,4-5H2,1-3H3,(H,17,18). The van der Waals surface area contributed by atoms with Gasteiger partial charge in [-0.3, -0.25) is 10.4 Å². The Balaban J connectivity index is 1.90. The van der Waals surface area contributed by atoms with E-state index in [1.165, 1.54) is 12.8 Å². The number of nitrogens with zero attached hydrogens (tertiary/aromatic N) is 1. The molecule has 1 heterocycles. The Morgan fingerprint density at radius 2 is 2.00 bits per heavy atom. The van der Waals surface area contributed by atoms with Crippen LogP contribution in [0.5, 0.6) is 0 Å². The van der Waals surface area contributed by atoms with Gasteiger partial charge >= 0.3 is 6.09 Å². The van der Waals surface area contributed by atoms with E-state index in [0.717, 1.165) is 5.56 Å². The number of amides is 1. The second-order valence-electron chi connectivity index (χ2n) is 5.87. The molecule has 0 radical (unpaired) electrons. The number of hydrogen-bond acceptors (Lipinski definition) is 4. The molecule has 0 aromatic carbocycles. The molecule has 1 atom stereocenters. The zero-order chi connectivity index (χ0) is 13.9. The van der Waals surface area contributed by atoms with Crippen molar-refractivity contribution in [3.05, 3.63) is 30.1 Å². The van der Waals surface area contributed by atoms with Crippen LogP contribution in [0.3, 0.4) is 0 Å². The van der Waals surface area contributed by atoms with E-state index in [1.54, 1.807) is 12.4 Å². The molecule has 5 nitrogen and oxygen atoms in total. The van der Waals surface area contributed by atoms with Crippen LogP contribution in [0, 0.1) is 5.92 Å². The van der Waals surface area contributed by atoms with Gasteiger partial charge in [0, 0.05) is 12.4 Å². The second kappa shape index (κ2) is 5.57. The monoisotopic (exact) mass is 263 g/mol. The van der Waals surface area contributed by atoms with Crippen molar-refractivity contribution >= 4 is 6.09 Å². The number of hydrogen-bond donors (Lipinski definition) is 2. The molecule has 0 aliphatic heterocycles. The van der Waals surface area contributed by atoms with E-state index >= 15 is 0 Å². The van der Waals surface area contributed by atoms with Gasteiger partial charge in [0.1, 0.15) is 5.60 Å². The fraction of sp³-hybridized carbons (Fsp3) is 0.571. The number of rotatable bonds is 4. The summed E-state index contributed by atoms with van der Waals surface area (Å²) in [6.45, 7) is 5.52. The highest BCUT2D eigenvalue weighted by molar-refractivity contribution is 5.67. The van der Waals surface area contributed by atoms with E-state index in [2.05, 4.69) is 15.8 Å². The summed E-state index contributed by atoms with van der Waals surface area (Å²) in [5.74, 6) is 0.567. The predicted molar refractivity (Wildman–Crippen MR) is 72.2 cm³/mol. The smallest absolute Gasteiger partial charge is 0.422 e. The first kappa shape index (κ1) is 13.8. The second-order valence-corrected chi connectivity index (χ2v) is 5.87. The minimum Gasteiger partial charge on any atom is -0.443 e. The van der Waals surface area contributed by atoms with Crippen LogP contribution in [-0.4, -0.2) is 16.7 Å². The Morgan fingerprint density at radius 3 is 2.53 bits per heavy atom. The number of aromatic nitrogens is 1. The average Bonchev–Trinajstić information content (AvgIpc) is 3.13. The number of pyridine rings is 1. The maximum Gasteiger partial charge on any atom is 0.422 e. The Morgan fingerprint density at radius 1 is 1.37 bits per heavy atom. The van der Waals surface area contributed by atoms with E-state index in [1.807, 2.05) is 32.9 Å². The summed E-state index contributed by atoms with van der Waals surface area (Å²) >= 11 is 0. The van der Waals surface area contributed by atoms with E-state index < -0.39 is 11.7 Å². The van der Waals surface area contributed by atoms with Gasteiger partial charge in [0.15, 0.2) is 0 Å². The summed E-state index contributed by atoms with van der Waals surface area (Å²) in [5, 5.41) is 0. The van der Waals surface area contributed by atoms with E-state index in [9.17, 15) is 4.79 Å². The van der Waals surface area contributed by atoms with Crippen LogP contribution >= 0.6 is 0 Å². The molecule has 1 aromatic heterocycles. The lowest BCUT2D eigenvalue weighted by Crippen LogP contribution is -2.43. The Labute approximate surface area is 113 Å². The summed E-state index contributed by atoms with van der Waals surface area (Å²) in [4.78, 5) is 15.6. The van der Waals surface area contributed by atoms with Crippen molar-refractivity contribution < 1.29 is 9.53 Å². The summed E-state index contributed by atoms with van der Waals surface area (Å²) in [6.07, 6.45) is 5.43. The molecule has 1 aliphatic carbocycles.